The Bertz CT molecular complexity index is 911. The summed E-state index contributed by atoms with van der Waals surface area (Å²) < 4.78 is 41.9. The first-order valence-corrected chi connectivity index (χ1v) is 12.1. The van der Waals surface area contributed by atoms with Gasteiger partial charge in [-0.3, -0.25) is 4.90 Å². The highest BCUT2D eigenvalue weighted by molar-refractivity contribution is 5.42. The molecule has 2 nitrogen and oxygen atoms in total. The van der Waals surface area contributed by atoms with E-state index in [9.17, 15) is 18.4 Å². The zero-order valence-corrected chi connectivity index (χ0v) is 19.7. The van der Waals surface area contributed by atoms with Crippen LogP contribution in [0.2, 0.25) is 0 Å². The molecule has 1 aliphatic rings. The molecule has 5 heteroatoms. The van der Waals surface area contributed by atoms with Gasteiger partial charge in [0, 0.05) is 12.6 Å². The van der Waals surface area contributed by atoms with Crippen molar-refractivity contribution in [2.24, 2.45) is 5.92 Å². The monoisotopic (exact) mass is 456 g/mol. The minimum absolute atomic E-state index is 0.0404. The van der Waals surface area contributed by atoms with Crippen LogP contribution < -0.4 is 0 Å². The maximum Gasteiger partial charge on any atom is 0.416 e. The van der Waals surface area contributed by atoms with E-state index in [1.54, 1.807) is 12.1 Å². The molecule has 0 heterocycles. The first-order valence-electron chi connectivity index (χ1n) is 12.1. The minimum Gasteiger partial charge on any atom is -0.297 e. The predicted octanol–water partition coefficient (Wildman–Crippen LogP) is 7.74. The van der Waals surface area contributed by atoms with Crippen LogP contribution in [0.4, 0.5) is 13.2 Å². The summed E-state index contributed by atoms with van der Waals surface area (Å²) in [6.45, 7) is 5.82. The molecule has 0 saturated heterocycles. The smallest absolute Gasteiger partial charge is 0.297 e. The van der Waals surface area contributed by atoms with E-state index in [0.717, 1.165) is 51.3 Å². The van der Waals surface area contributed by atoms with Crippen molar-refractivity contribution in [2.45, 2.75) is 83.0 Å². The van der Waals surface area contributed by atoms with Crippen molar-refractivity contribution in [1.29, 1.82) is 5.26 Å². The number of rotatable bonds is 9. The molecule has 0 aromatic heterocycles. The minimum atomic E-state index is -4.47. The van der Waals surface area contributed by atoms with Crippen LogP contribution in [0.3, 0.4) is 0 Å². The molecule has 33 heavy (non-hydrogen) atoms. The zero-order valence-electron chi connectivity index (χ0n) is 19.7. The molecule has 1 saturated carbocycles. The van der Waals surface area contributed by atoms with Crippen LogP contribution in [-0.2, 0) is 18.1 Å². The number of nitrogens with zero attached hydrogens (tertiary/aromatic N) is 2. The van der Waals surface area contributed by atoms with Gasteiger partial charge in [0.15, 0.2) is 0 Å². The summed E-state index contributed by atoms with van der Waals surface area (Å²) in [5.74, 6) is -0.0404. The van der Waals surface area contributed by atoms with Gasteiger partial charge in [-0.1, -0.05) is 67.8 Å². The summed E-state index contributed by atoms with van der Waals surface area (Å²) in [5.41, 5.74) is -0.373. The van der Waals surface area contributed by atoms with E-state index in [4.69, 9.17) is 0 Å². The standard InChI is InChI=1S/C28H35F3N2/c1-22(2)33(20-23-12-5-3-6-13-23)19-11-18-27(21-32,24-14-7-4-8-15-24)25-16-9-10-17-26(25)28(29,30)31/h3,5-6,9-10,12-13,16-17,22,24H,4,7-8,11,14-15,18-20H2,1-2H3. The number of alkyl halides is 3. The third-order valence-electron chi connectivity index (χ3n) is 7.19. The Morgan fingerprint density at radius 1 is 0.939 bits per heavy atom. The maximum atomic E-state index is 14.0. The van der Waals surface area contributed by atoms with Crippen LogP contribution in [0.15, 0.2) is 54.6 Å². The summed E-state index contributed by atoms with van der Waals surface area (Å²) in [6, 6.07) is 18.7. The Morgan fingerprint density at radius 2 is 1.55 bits per heavy atom. The first-order chi connectivity index (χ1) is 15.8. The van der Waals surface area contributed by atoms with Crippen molar-refractivity contribution in [1.82, 2.24) is 4.90 Å². The van der Waals surface area contributed by atoms with Gasteiger partial charge in [-0.15, -0.1) is 0 Å². The van der Waals surface area contributed by atoms with Gasteiger partial charge in [0.25, 0.3) is 0 Å². The molecule has 1 atom stereocenters. The normalized spacial score (nSPS) is 17.2. The van der Waals surface area contributed by atoms with Crippen molar-refractivity contribution in [2.75, 3.05) is 6.54 Å². The Hall–Kier alpha value is -2.32. The van der Waals surface area contributed by atoms with Crippen molar-refractivity contribution in [3.05, 3.63) is 71.3 Å². The van der Waals surface area contributed by atoms with Crippen LogP contribution >= 0.6 is 0 Å². The van der Waals surface area contributed by atoms with Crippen molar-refractivity contribution < 1.29 is 13.2 Å². The highest BCUT2D eigenvalue weighted by Gasteiger charge is 2.46. The van der Waals surface area contributed by atoms with Crippen LogP contribution in [0.5, 0.6) is 0 Å². The predicted molar refractivity (Wildman–Crippen MR) is 127 cm³/mol. The lowest BCUT2D eigenvalue weighted by Crippen LogP contribution is -2.39. The fourth-order valence-corrected chi connectivity index (χ4v) is 5.38. The third kappa shape index (κ3) is 6.18. The maximum absolute atomic E-state index is 14.0. The van der Waals surface area contributed by atoms with Gasteiger partial charge >= 0.3 is 6.18 Å². The average Bonchev–Trinajstić information content (AvgIpc) is 2.82. The Morgan fingerprint density at radius 3 is 2.12 bits per heavy atom. The largest absolute Gasteiger partial charge is 0.416 e. The van der Waals surface area contributed by atoms with E-state index in [1.807, 2.05) is 18.2 Å². The van der Waals surface area contributed by atoms with Crippen LogP contribution in [-0.4, -0.2) is 17.5 Å². The van der Waals surface area contributed by atoms with E-state index in [1.165, 1.54) is 11.6 Å². The van der Waals surface area contributed by atoms with Gasteiger partial charge in [0.1, 0.15) is 0 Å². The van der Waals surface area contributed by atoms with Crippen molar-refractivity contribution in [3.8, 4) is 6.07 Å². The molecule has 1 fully saturated rings. The molecule has 0 spiro atoms. The molecule has 0 N–H and O–H groups in total. The van der Waals surface area contributed by atoms with Gasteiger partial charge in [-0.05, 0) is 69.2 Å². The quantitative estimate of drug-likeness (QED) is 0.386. The summed E-state index contributed by atoms with van der Waals surface area (Å²) in [4.78, 5) is 2.34. The number of nitriles is 1. The molecule has 1 aliphatic carbocycles. The molecule has 1 unspecified atom stereocenters. The topological polar surface area (TPSA) is 27.0 Å². The van der Waals surface area contributed by atoms with E-state index < -0.39 is 17.2 Å². The van der Waals surface area contributed by atoms with E-state index in [0.29, 0.717) is 18.9 Å². The summed E-state index contributed by atoms with van der Waals surface area (Å²) in [6.07, 6.45) is 1.35. The second-order valence-electron chi connectivity index (χ2n) is 9.61. The van der Waals surface area contributed by atoms with Gasteiger partial charge in [-0.2, -0.15) is 18.4 Å². The number of hydrogen-bond donors (Lipinski definition) is 0. The highest BCUT2D eigenvalue weighted by Crippen LogP contribution is 2.48. The molecule has 0 aliphatic heterocycles. The molecule has 178 valence electrons. The summed E-state index contributed by atoms with van der Waals surface area (Å²) >= 11 is 0. The molecule has 0 bridgehead atoms. The molecule has 3 rings (SSSR count). The number of halogens is 3. The average molecular weight is 457 g/mol. The van der Waals surface area contributed by atoms with E-state index in [2.05, 4.69) is 36.9 Å². The lowest BCUT2D eigenvalue weighted by molar-refractivity contribution is -0.138. The highest BCUT2D eigenvalue weighted by atomic mass is 19.4. The Balaban J connectivity index is 1.87. The van der Waals surface area contributed by atoms with Gasteiger partial charge in [-0.25, -0.2) is 0 Å². The lowest BCUT2D eigenvalue weighted by atomic mass is 9.62. The van der Waals surface area contributed by atoms with Gasteiger partial charge in [0.2, 0.25) is 0 Å². The Kier molecular flexibility index (Phi) is 8.59. The summed E-state index contributed by atoms with van der Waals surface area (Å²) in [7, 11) is 0. The van der Waals surface area contributed by atoms with Crippen molar-refractivity contribution in [3.63, 3.8) is 0 Å². The molecule has 2 aromatic rings. The number of hydrogen-bond acceptors (Lipinski definition) is 2. The second-order valence-corrected chi connectivity index (χ2v) is 9.61. The first kappa shape index (κ1) is 25.3. The van der Waals surface area contributed by atoms with Crippen LogP contribution in [0, 0.1) is 17.2 Å². The van der Waals surface area contributed by atoms with E-state index >= 15 is 0 Å². The number of benzene rings is 2. The molecular weight excluding hydrogens is 421 g/mol. The molecule has 0 radical (unpaired) electrons. The fraction of sp³-hybridized carbons (Fsp3) is 0.536. The SMILES string of the molecule is CC(C)N(CCCC(C#N)(c1ccccc1C(F)(F)F)C1CCCCC1)Cc1ccccc1. The molecule has 0 amide bonds. The Labute approximate surface area is 196 Å². The molecular formula is C28H35F3N2. The third-order valence-corrected chi connectivity index (χ3v) is 7.19. The van der Waals surface area contributed by atoms with Crippen molar-refractivity contribution >= 4 is 0 Å². The molecule has 2 aromatic carbocycles. The second kappa shape index (κ2) is 11.2. The van der Waals surface area contributed by atoms with Gasteiger partial charge in [0.05, 0.1) is 17.0 Å². The summed E-state index contributed by atoms with van der Waals surface area (Å²) in [5, 5.41) is 10.5. The van der Waals surface area contributed by atoms with E-state index in [-0.39, 0.29) is 11.5 Å². The van der Waals surface area contributed by atoms with Crippen LogP contribution in [0.25, 0.3) is 0 Å². The lowest BCUT2D eigenvalue weighted by Gasteiger charge is -2.40. The zero-order chi connectivity index (χ0) is 23.9. The van der Waals surface area contributed by atoms with Crippen LogP contribution in [0.1, 0.15) is 75.5 Å². The van der Waals surface area contributed by atoms with Gasteiger partial charge < -0.3 is 0 Å². The fourth-order valence-electron chi connectivity index (χ4n) is 5.38.